The van der Waals surface area contributed by atoms with E-state index >= 15 is 0 Å². The Morgan fingerprint density at radius 2 is 2.16 bits per heavy atom. The highest BCUT2D eigenvalue weighted by Crippen LogP contribution is 2.40. The summed E-state index contributed by atoms with van der Waals surface area (Å²) >= 11 is 3.49. The van der Waals surface area contributed by atoms with E-state index < -0.39 is 0 Å². The molecule has 1 atom stereocenters. The van der Waals surface area contributed by atoms with Crippen molar-refractivity contribution in [3.05, 3.63) is 10.4 Å². The first-order valence-electron chi connectivity index (χ1n) is 6.79. The molecule has 0 saturated carbocycles. The van der Waals surface area contributed by atoms with E-state index in [9.17, 15) is 0 Å². The molecule has 0 radical (unpaired) electrons. The minimum absolute atomic E-state index is 0.478. The molecule has 102 valence electrons. The molecule has 0 amide bonds. The lowest BCUT2D eigenvalue weighted by Gasteiger charge is -2.17. The van der Waals surface area contributed by atoms with Crippen molar-refractivity contribution in [2.24, 2.45) is 5.92 Å². The van der Waals surface area contributed by atoms with Gasteiger partial charge in [-0.2, -0.15) is 0 Å². The zero-order valence-corrected chi connectivity index (χ0v) is 13.2. The predicted molar refractivity (Wildman–Crippen MR) is 84.0 cm³/mol. The van der Waals surface area contributed by atoms with Crippen LogP contribution in [0.15, 0.2) is 5.16 Å². The highest BCUT2D eigenvalue weighted by molar-refractivity contribution is 7.99. The molecule has 2 heterocycles. The van der Waals surface area contributed by atoms with Gasteiger partial charge in [0.05, 0.1) is 5.39 Å². The summed E-state index contributed by atoms with van der Waals surface area (Å²) in [5.74, 6) is 1.44. The van der Waals surface area contributed by atoms with Crippen LogP contribution in [-0.4, -0.2) is 15.2 Å². The van der Waals surface area contributed by atoms with E-state index in [2.05, 4.69) is 25.8 Å². The number of nitrogen functional groups attached to an aromatic ring is 1. The van der Waals surface area contributed by atoms with Gasteiger partial charge in [-0.05, 0) is 30.7 Å². The van der Waals surface area contributed by atoms with Crippen LogP contribution in [0.5, 0.6) is 0 Å². The topological polar surface area (TPSA) is 51.8 Å². The van der Waals surface area contributed by atoms with Gasteiger partial charge in [-0.15, -0.1) is 11.3 Å². The number of hydrogen-bond donors (Lipinski definition) is 1. The average Bonchev–Trinajstić information content (AvgIpc) is 2.65. The van der Waals surface area contributed by atoms with Gasteiger partial charge in [0, 0.05) is 10.1 Å². The second-order valence-corrected chi connectivity index (χ2v) is 8.22. The summed E-state index contributed by atoms with van der Waals surface area (Å²) in [6.45, 7) is 6.62. The molecule has 2 N–H and O–H groups in total. The molecule has 0 fully saturated rings. The smallest absolute Gasteiger partial charge is 0.191 e. The lowest BCUT2D eigenvalue weighted by Crippen LogP contribution is -2.09. The molecule has 2 aromatic rings. The van der Waals surface area contributed by atoms with Gasteiger partial charge in [-0.1, -0.05) is 32.5 Å². The van der Waals surface area contributed by atoms with Crippen LogP contribution in [0, 0.1) is 5.92 Å². The van der Waals surface area contributed by atoms with Crippen LogP contribution in [0.1, 0.15) is 37.6 Å². The van der Waals surface area contributed by atoms with Crippen molar-refractivity contribution in [2.45, 2.75) is 50.4 Å². The Hall–Kier alpha value is -0.810. The predicted octanol–water partition coefficient (Wildman–Crippen LogP) is 3.90. The summed E-state index contributed by atoms with van der Waals surface area (Å²) in [4.78, 5) is 11.7. The standard InChI is InChI=1S/C14H19N3S2/c1-7(2)18-14-16-12(15)11-9-5-4-8(3)6-10(9)19-13(11)17-14/h7-8H,4-6H2,1-3H3,(H2,15,16,17)/t8-/m1/s1. The summed E-state index contributed by atoms with van der Waals surface area (Å²) in [6, 6.07) is 0. The number of hydrogen-bond acceptors (Lipinski definition) is 5. The summed E-state index contributed by atoms with van der Waals surface area (Å²) in [5, 5.41) is 2.41. The summed E-state index contributed by atoms with van der Waals surface area (Å²) in [6.07, 6.45) is 3.55. The number of thioether (sulfide) groups is 1. The number of thiophene rings is 1. The Morgan fingerprint density at radius 3 is 2.89 bits per heavy atom. The minimum atomic E-state index is 0.478. The number of nitrogens with zero attached hydrogens (tertiary/aromatic N) is 2. The molecule has 19 heavy (non-hydrogen) atoms. The van der Waals surface area contributed by atoms with E-state index in [4.69, 9.17) is 10.7 Å². The van der Waals surface area contributed by atoms with Crippen LogP contribution in [0.4, 0.5) is 5.82 Å². The highest BCUT2D eigenvalue weighted by Gasteiger charge is 2.23. The molecule has 0 bridgehead atoms. The summed E-state index contributed by atoms with van der Waals surface area (Å²) in [7, 11) is 0. The van der Waals surface area contributed by atoms with Crippen LogP contribution in [0.25, 0.3) is 10.2 Å². The van der Waals surface area contributed by atoms with Gasteiger partial charge < -0.3 is 5.73 Å². The number of fused-ring (bicyclic) bond motifs is 3. The average molecular weight is 293 g/mol. The lowest BCUT2D eigenvalue weighted by molar-refractivity contribution is 0.509. The maximum atomic E-state index is 6.18. The first-order valence-corrected chi connectivity index (χ1v) is 8.48. The Balaban J connectivity index is 2.11. The monoisotopic (exact) mass is 293 g/mol. The van der Waals surface area contributed by atoms with E-state index in [-0.39, 0.29) is 0 Å². The number of aryl methyl sites for hydroxylation is 1. The third kappa shape index (κ3) is 2.46. The quantitative estimate of drug-likeness (QED) is 0.674. The second-order valence-electron chi connectivity index (χ2n) is 5.59. The molecule has 0 aromatic carbocycles. The first-order chi connectivity index (χ1) is 9.04. The summed E-state index contributed by atoms with van der Waals surface area (Å²) < 4.78 is 0. The fourth-order valence-electron chi connectivity index (χ4n) is 2.61. The molecular formula is C14H19N3S2. The van der Waals surface area contributed by atoms with Crippen molar-refractivity contribution < 1.29 is 0 Å². The third-order valence-corrected chi connectivity index (χ3v) is 5.52. The number of nitrogens with two attached hydrogens (primary N) is 1. The van der Waals surface area contributed by atoms with Crippen molar-refractivity contribution in [3.63, 3.8) is 0 Å². The SMILES string of the molecule is CC(C)Sc1nc(N)c2c3c(sc2n1)C[C@H](C)CC3. The van der Waals surface area contributed by atoms with E-state index in [0.29, 0.717) is 11.1 Å². The fourth-order valence-corrected chi connectivity index (χ4v) is 4.78. The zero-order chi connectivity index (χ0) is 13.6. The molecule has 3 rings (SSSR count). The van der Waals surface area contributed by atoms with Crippen molar-refractivity contribution in [1.82, 2.24) is 9.97 Å². The molecule has 1 aliphatic carbocycles. The van der Waals surface area contributed by atoms with Crippen molar-refractivity contribution in [1.29, 1.82) is 0 Å². The lowest BCUT2D eigenvalue weighted by atomic mass is 9.89. The summed E-state index contributed by atoms with van der Waals surface area (Å²) in [5.41, 5.74) is 7.59. The molecular weight excluding hydrogens is 274 g/mol. The first kappa shape index (κ1) is 13.2. The normalized spacial score (nSPS) is 19.1. The van der Waals surface area contributed by atoms with Gasteiger partial charge >= 0.3 is 0 Å². The molecule has 2 aromatic heterocycles. The van der Waals surface area contributed by atoms with Crippen molar-refractivity contribution in [3.8, 4) is 0 Å². The van der Waals surface area contributed by atoms with E-state index in [1.165, 1.54) is 23.3 Å². The highest BCUT2D eigenvalue weighted by atomic mass is 32.2. The van der Waals surface area contributed by atoms with E-state index in [1.807, 2.05) is 11.3 Å². The Labute approximate surface area is 122 Å². The largest absolute Gasteiger partial charge is 0.383 e. The van der Waals surface area contributed by atoms with Crippen LogP contribution < -0.4 is 5.73 Å². The number of aromatic nitrogens is 2. The van der Waals surface area contributed by atoms with Gasteiger partial charge in [0.15, 0.2) is 5.16 Å². The fraction of sp³-hybridized carbons (Fsp3) is 0.571. The van der Waals surface area contributed by atoms with Crippen molar-refractivity contribution in [2.75, 3.05) is 5.73 Å². The van der Waals surface area contributed by atoms with Gasteiger partial charge in [0.25, 0.3) is 0 Å². The van der Waals surface area contributed by atoms with Crippen LogP contribution in [0.2, 0.25) is 0 Å². The van der Waals surface area contributed by atoms with Crippen LogP contribution >= 0.6 is 23.1 Å². The molecule has 1 aliphatic rings. The molecule has 5 heteroatoms. The molecule has 0 aliphatic heterocycles. The molecule has 0 saturated heterocycles. The zero-order valence-electron chi connectivity index (χ0n) is 11.6. The number of rotatable bonds is 2. The van der Waals surface area contributed by atoms with Gasteiger partial charge in [-0.3, -0.25) is 0 Å². The maximum absolute atomic E-state index is 6.18. The van der Waals surface area contributed by atoms with Gasteiger partial charge in [-0.25, -0.2) is 9.97 Å². The second kappa shape index (κ2) is 4.94. The Morgan fingerprint density at radius 1 is 1.37 bits per heavy atom. The van der Waals surface area contributed by atoms with Gasteiger partial charge in [0.1, 0.15) is 10.6 Å². The molecule has 0 unspecified atom stereocenters. The third-order valence-electron chi connectivity index (χ3n) is 3.50. The Kier molecular flexibility index (Phi) is 3.43. The molecule has 0 spiro atoms. The number of anilines is 1. The molecule has 3 nitrogen and oxygen atoms in total. The maximum Gasteiger partial charge on any atom is 0.191 e. The Bertz CT molecular complexity index is 619. The van der Waals surface area contributed by atoms with Crippen molar-refractivity contribution >= 4 is 39.1 Å². The minimum Gasteiger partial charge on any atom is -0.383 e. The van der Waals surface area contributed by atoms with E-state index in [1.54, 1.807) is 11.8 Å². The van der Waals surface area contributed by atoms with Crippen LogP contribution in [0.3, 0.4) is 0 Å². The van der Waals surface area contributed by atoms with E-state index in [0.717, 1.165) is 27.7 Å². The van der Waals surface area contributed by atoms with Gasteiger partial charge in [0.2, 0.25) is 0 Å². The van der Waals surface area contributed by atoms with Crippen LogP contribution in [-0.2, 0) is 12.8 Å².